The van der Waals surface area contributed by atoms with Crippen LogP contribution in [0, 0.1) is 11.3 Å². The molecule has 5 aromatic rings. The maximum absolute atomic E-state index is 13.3. The van der Waals surface area contributed by atoms with Gasteiger partial charge in [0.15, 0.2) is 0 Å². The molecule has 0 radical (unpaired) electrons. The van der Waals surface area contributed by atoms with Crippen molar-refractivity contribution in [2.45, 2.75) is 19.3 Å². The molecule has 7 heteroatoms. The van der Waals surface area contributed by atoms with E-state index in [1.54, 1.807) is 22.4 Å². The summed E-state index contributed by atoms with van der Waals surface area (Å²) in [4.78, 5) is 22.4. The molecular weight excluding hydrogens is 424 g/mol. The summed E-state index contributed by atoms with van der Waals surface area (Å²) in [7, 11) is 3.59. The van der Waals surface area contributed by atoms with E-state index in [0.29, 0.717) is 0 Å². The van der Waals surface area contributed by atoms with Gasteiger partial charge in [-0.3, -0.25) is 14.1 Å². The van der Waals surface area contributed by atoms with Crippen LogP contribution >= 0.6 is 0 Å². The van der Waals surface area contributed by atoms with Gasteiger partial charge in [-0.1, -0.05) is 18.2 Å². The number of rotatable bonds is 4. The molecule has 5 rings (SSSR count). The lowest BCUT2D eigenvalue weighted by atomic mass is 9.86. The first-order valence-electron chi connectivity index (χ1n) is 11.0. The van der Waals surface area contributed by atoms with Crippen molar-refractivity contribution in [3.63, 3.8) is 0 Å². The summed E-state index contributed by atoms with van der Waals surface area (Å²) in [5, 5.41) is 13.4. The van der Waals surface area contributed by atoms with Crippen molar-refractivity contribution in [3.8, 4) is 22.9 Å². The van der Waals surface area contributed by atoms with Gasteiger partial charge < -0.3 is 5.32 Å². The third-order valence-corrected chi connectivity index (χ3v) is 6.36. The second-order valence-corrected chi connectivity index (χ2v) is 8.87. The Kier molecular flexibility index (Phi) is 4.94. The van der Waals surface area contributed by atoms with Crippen LogP contribution in [0.3, 0.4) is 0 Å². The number of nitriles is 1. The smallest absolute Gasteiger partial charge is 0.333 e. The van der Waals surface area contributed by atoms with E-state index in [1.165, 1.54) is 0 Å². The van der Waals surface area contributed by atoms with Crippen LogP contribution in [0.25, 0.3) is 38.8 Å². The number of nitrogens with one attached hydrogen (secondary N) is 1. The van der Waals surface area contributed by atoms with E-state index in [4.69, 9.17) is 0 Å². The average Bonchev–Trinajstić information content (AvgIpc) is 3.14. The minimum Gasteiger partial charge on any atom is -0.373 e. The quantitative estimate of drug-likeness (QED) is 0.427. The Morgan fingerprint density at radius 3 is 2.35 bits per heavy atom. The Bertz CT molecular complexity index is 1630. The van der Waals surface area contributed by atoms with Gasteiger partial charge in [0.2, 0.25) is 0 Å². The topological polar surface area (TPSA) is 88.5 Å². The number of anilines is 1. The van der Waals surface area contributed by atoms with Gasteiger partial charge in [0, 0.05) is 31.2 Å². The molecular formula is C27H24N6O. The van der Waals surface area contributed by atoms with Crippen LogP contribution in [0.15, 0.2) is 71.8 Å². The van der Waals surface area contributed by atoms with Crippen molar-refractivity contribution in [2.24, 2.45) is 7.05 Å². The minimum absolute atomic E-state index is 0.151. The summed E-state index contributed by atoms with van der Waals surface area (Å²) in [6, 6.07) is 19.9. The molecule has 0 aliphatic rings. The summed E-state index contributed by atoms with van der Waals surface area (Å²) in [6.07, 6.45) is 3.57. The number of benzene rings is 2. The Labute approximate surface area is 196 Å². The molecule has 0 aliphatic heterocycles. The van der Waals surface area contributed by atoms with Crippen LogP contribution in [0.1, 0.15) is 19.4 Å². The molecule has 0 bridgehead atoms. The van der Waals surface area contributed by atoms with Gasteiger partial charge in [-0.15, -0.1) is 0 Å². The number of hydrogen-bond donors (Lipinski definition) is 1. The Balaban J connectivity index is 1.75. The van der Waals surface area contributed by atoms with Crippen molar-refractivity contribution in [2.75, 3.05) is 12.4 Å². The summed E-state index contributed by atoms with van der Waals surface area (Å²) < 4.78 is 3.33. The maximum atomic E-state index is 13.3. The molecule has 34 heavy (non-hydrogen) atoms. The van der Waals surface area contributed by atoms with Gasteiger partial charge >= 0.3 is 5.69 Å². The molecule has 1 N–H and O–H groups in total. The molecule has 0 saturated carbocycles. The number of imidazole rings is 1. The number of nitrogens with zero attached hydrogens (tertiary/aromatic N) is 5. The van der Waals surface area contributed by atoms with Gasteiger partial charge in [0.1, 0.15) is 5.82 Å². The molecule has 2 aromatic carbocycles. The molecule has 7 nitrogen and oxygen atoms in total. The van der Waals surface area contributed by atoms with E-state index in [1.807, 2.05) is 75.6 Å². The fraction of sp³-hybridized carbons (Fsp3) is 0.185. The molecule has 0 saturated heterocycles. The SMILES string of the molecule is CNc1ccc(-c2ccc3ncc4c(c3c2)n(-c2ccc(C(C)(C)C#N)cc2)c(=O)n4C)cn1. The lowest BCUT2D eigenvalue weighted by Gasteiger charge is -2.16. The third-order valence-electron chi connectivity index (χ3n) is 6.36. The van der Waals surface area contributed by atoms with E-state index in [9.17, 15) is 10.1 Å². The molecule has 3 aromatic heterocycles. The number of fused-ring (bicyclic) bond motifs is 3. The van der Waals surface area contributed by atoms with Gasteiger partial charge in [-0.25, -0.2) is 9.78 Å². The fourth-order valence-corrected chi connectivity index (χ4v) is 4.22. The number of pyridine rings is 2. The van der Waals surface area contributed by atoms with Crippen molar-refractivity contribution in [3.05, 3.63) is 83.0 Å². The first-order chi connectivity index (χ1) is 16.3. The van der Waals surface area contributed by atoms with Crippen LogP contribution in [0.2, 0.25) is 0 Å². The summed E-state index contributed by atoms with van der Waals surface area (Å²) in [6.45, 7) is 3.76. The summed E-state index contributed by atoms with van der Waals surface area (Å²) in [5.74, 6) is 0.800. The van der Waals surface area contributed by atoms with Crippen LogP contribution in [0.5, 0.6) is 0 Å². The van der Waals surface area contributed by atoms with E-state index in [-0.39, 0.29) is 5.69 Å². The van der Waals surface area contributed by atoms with E-state index in [0.717, 1.165) is 50.1 Å². The zero-order valence-electron chi connectivity index (χ0n) is 19.5. The Hall–Kier alpha value is -4.44. The molecule has 168 valence electrons. The highest BCUT2D eigenvalue weighted by Crippen LogP contribution is 2.30. The van der Waals surface area contributed by atoms with E-state index < -0.39 is 5.41 Å². The summed E-state index contributed by atoms with van der Waals surface area (Å²) >= 11 is 0. The lowest BCUT2D eigenvalue weighted by molar-refractivity contribution is 0.686. The maximum Gasteiger partial charge on any atom is 0.333 e. The molecule has 0 aliphatic carbocycles. The monoisotopic (exact) mass is 448 g/mol. The van der Waals surface area contributed by atoms with E-state index >= 15 is 0 Å². The average molecular weight is 449 g/mol. The van der Waals surface area contributed by atoms with Crippen molar-refractivity contribution < 1.29 is 0 Å². The Morgan fingerprint density at radius 2 is 1.71 bits per heavy atom. The van der Waals surface area contributed by atoms with Gasteiger partial charge in [0.05, 0.1) is 39.9 Å². The fourth-order valence-electron chi connectivity index (χ4n) is 4.22. The zero-order chi connectivity index (χ0) is 24.0. The largest absolute Gasteiger partial charge is 0.373 e. The number of aryl methyl sites for hydroxylation is 1. The normalized spacial score (nSPS) is 11.6. The summed E-state index contributed by atoms with van der Waals surface area (Å²) in [5.41, 5.74) is 5.21. The third kappa shape index (κ3) is 3.32. The number of hydrogen-bond acceptors (Lipinski definition) is 5. The van der Waals surface area contributed by atoms with E-state index in [2.05, 4.69) is 27.4 Å². The second-order valence-electron chi connectivity index (χ2n) is 8.87. The first-order valence-corrected chi connectivity index (χ1v) is 11.0. The minimum atomic E-state index is -0.607. The van der Waals surface area contributed by atoms with Crippen LogP contribution < -0.4 is 11.0 Å². The van der Waals surface area contributed by atoms with Crippen LogP contribution in [-0.4, -0.2) is 26.1 Å². The molecule has 0 atom stereocenters. The highest BCUT2D eigenvalue weighted by atomic mass is 16.1. The van der Waals surface area contributed by atoms with Gasteiger partial charge in [-0.2, -0.15) is 5.26 Å². The second kappa shape index (κ2) is 7.85. The van der Waals surface area contributed by atoms with Gasteiger partial charge in [-0.05, 0) is 61.4 Å². The van der Waals surface area contributed by atoms with Crippen LogP contribution in [-0.2, 0) is 12.5 Å². The predicted molar refractivity (Wildman–Crippen MR) is 135 cm³/mol. The highest BCUT2D eigenvalue weighted by molar-refractivity contribution is 6.04. The predicted octanol–water partition coefficient (Wildman–Crippen LogP) is 4.78. The zero-order valence-corrected chi connectivity index (χ0v) is 19.5. The lowest BCUT2D eigenvalue weighted by Crippen LogP contribution is -2.21. The molecule has 0 amide bonds. The highest BCUT2D eigenvalue weighted by Gasteiger charge is 2.21. The van der Waals surface area contributed by atoms with Crippen molar-refractivity contribution in [1.29, 1.82) is 5.26 Å². The molecule has 3 heterocycles. The molecule has 0 fully saturated rings. The van der Waals surface area contributed by atoms with Gasteiger partial charge in [0.25, 0.3) is 0 Å². The van der Waals surface area contributed by atoms with Crippen molar-refractivity contribution in [1.82, 2.24) is 19.1 Å². The standard InChI is InChI=1S/C27H24N6O/c1-27(2,16-28)19-7-9-20(10-8-19)33-25-21-13-17(18-6-12-24(29-3)31-14-18)5-11-22(21)30-15-23(25)32(4)26(33)34/h5-15H,1-4H3,(H,29,31). The van der Waals surface area contributed by atoms with Crippen LogP contribution in [0.4, 0.5) is 5.82 Å². The van der Waals surface area contributed by atoms with Crippen molar-refractivity contribution >= 4 is 27.8 Å². The molecule has 0 unspecified atom stereocenters. The molecule has 0 spiro atoms. The first kappa shape index (κ1) is 21.4. The Morgan fingerprint density at radius 1 is 0.971 bits per heavy atom. The number of aromatic nitrogens is 4.